The largest absolute Gasteiger partial charge is 0.497 e. The van der Waals surface area contributed by atoms with E-state index in [4.69, 9.17) is 4.74 Å². The van der Waals surface area contributed by atoms with Crippen LogP contribution in [-0.2, 0) is 10.0 Å². The fourth-order valence-corrected chi connectivity index (χ4v) is 4.28. The highest BCUT2D eigenvalue weighted by atomic mass is 32.2. The summed E-state index contributed by atoms with van der Waals surface area (Å²) >= 11 is 0. The van der Waals surface area contributed by atoms with Crippen molar-refractivity contribution in [1.82, 2.24) is 9.71 Å². The molecule has 0 radical (unpaired) electrons. The molecule has 1 saturated heterocycles. The van der Waals surface area contributed by atoms with Crippen molar-refractivity contribution in [2.24, 2.45) is 0 Å². The summed E-state index contributed by atoms with van der Waals surface area (Å²) < 4.78 is 32.0. The van der Waals surface area contributed by atoms with Crippen molar-refractivity contribution in [2.45, 2.75) is 18.1 Å². The molecule has 1 aromatic heterocycles. The van der Waals surface area contributed by atoms with Crippen LogP contribution in [0.15, 0.2) is 30.5 Å². The van der Waals surface area contributed by atoms with Crippen LogP contribution in [0.1, 0.15) is 12.8 Å². The predicted octanol–water partition coefficient (Wildman–Crippen LogP) is 1.76. The zero-order valence-electron chi connectivity index (χ0n) is 13.3. The lowest BCUT2D eigenvalue weighted by atomic mass is 10.1. The first-order valence-electron chi connectivity index (χ1n) is 7.65. The zero-order chi connectivity index (χ0) is 16.4. The monoisotopic (exact) mass is 335 g/mol. The Morgan fingerprint density at radius 1 is 1.35 bits per heavy atom. The smallest absolute Gasteiger partial charge is 0.215 e. The highest BCUT2D eigenvalue weighted by Crippen LogP contribution is 2.31. The molecule has 0 saturated carbocycles. The van der Waals surface area contributed by atoms with Gasteiger partial charge in [0.05, 0.1) is 17.9 Å². The Morgan fingerprint density at radius 2 is 2.17 bits per heavy atom. The van der Waals surface area contributed by atoms with Crippen LogP contribution in [0.5, 0.6) is 5.75 Å². The molecule has 1 aliphatic rings. The van der Waals surface area contributed by atoms with Crippen molar-refractivity contribution >= 4 is 26.6 Å². The molecule has 0 spiro atoms. The van der Waals surface area contributed by atoms with Crippen molar-refractivity contribution in [1.29, 1.82) is 0 Å². The standard InChI is InChI=1S/C16H21N3O3S/c1-17-23(20,21)13-4-3-9-19(11-13)16-7-8-18-15-6-5-12(22-2)10-14(15)16/h5-8,10,13,17H,3-4,9,11H2,1-2H3. The summed E-state index contributed by atoms with van der Waals surface area (Å²) in [6.07, 6.45) is 3.30. The fourth-order valence-electron chi connectivity index (χ4n) is 3.09. The van der Waals surface area contributed by atoms with Gasteiger partial charge in [-0.3, -0.25) is 4.98 Å². The Hall–Kier alpha value is -1.86. The third-order valence-corrected chi connectivity index (χ3v) is 6.20. The van der Waals surface area contributed by atoms with Gasteiger partial charge in [0.25, 0.3) is 0 Å². The number of aromatic nitrogens is 1. The van der Waals surface area contributed by atoms with E-state index in [0.717, 1.165) is 35.3 Å². The van der Waals surface area contributed by atoms with Crippen LogP contribution >= 0.6 is 0 Å². The lowest BCUT2D eigenvalue weighted by Crippen LogP contribution is -2.45. The first-order chi connectivity index (χ1) is 11.0. The van der Waals surface area contributed by atoms with Crippen molar-refractivity contribution < 1.29 is 13.2 Å². The third kappa shape index (κ3) is 3.11. The van der Waals surface area contributed by atoms with Gasteiger partial charge in [-0.05, 0) is 44.2 Å². The minimum absolute atomic E-state index is 0.393. The van der Waals surface area contributed by atoms with Crippen LogP contribution in [-0.4, -0.2) is 45.9 Å². The number of nitrogens with one attached hydrogen (secondary N) is 1. The molecule has 7 heteroatoms. The van der Waals surface area contributed by atoms with E-state index in [1.807, 2.05) is 24.3 Å². The van der Waals surface area contributed by atoms with Crippen molar-refractivity contribution in [3.63, 3.8) is 0 Å². The third-order valence-electron chi connectivity index (χ3n) is 4.37. The molecule has 2 heterocycles. The van der Waals surface area contributed by atoms with Gasteiger partial charge in [0.15, 0.2) is 0 Å². The number of methoxy groups -OCH3 is 1. The number of ether oxygens (including phenoxy) is 1. The maximum absolute atomic E-state index is 12.1. The molecule has 1 atom stereocenters. The van der Waals surface area contributed by atoms with E-state index in [1.54, 1.807) is 13.3 Å². The quantitative estimate of drug-likeness (QED) is 0.922. The van der Waals surface area contributed by atoms with Gasteiger partial charge in [-0.15, -0.1) is 0 Å². The number of anilines is 1. The summed E-state index contributed by atoms with van der Waals surface area (Å²) in [6, 6.07) is 7.69. The number of hydrogen-bond acceptors (Lipinski definition) is 5. The number of fused-ring (bicyclic) bond motifs is 1. The van der Waals surface area contributed by atoms with E-state index < -0.39 is 15.3 Å². The van der Waals surface area contributed by atoms with Crippen LogP contribution in [0.4, 0.5) is 5.69 Å². The van der Waals surface area contributed by atoms with Crippen LogP contribution in [0, 0.1) is 0 Å². The SMILES string of the molecule is CNS(=O)(=O)C1CCCN(c2ccnc3ccc(OC)cc23)C1. The van der Waals surface area contributed by atoms with Crippen LogP contribution < -0.4 is 14.4 Å². The first kappa shape index (κ1) is 16.0. The number of hydrogen-bond donors (Lipinski definition) is 1. The molecule has 3 rings (SSSR count). The number of sulfonamides is 1. The molecular formula is C16H21N3O3S. The average molecular weight is 335 g/mol. The zero-order valence-corrected chi connectivity index (χ0v) is 14.1. The topological polar surface area (TPSA) is 71.5 Å². The number of rotatable bonds is 4. The van der Waals surface area contributed by atoms with Crippen LogP contribution in [0.25, 0.3) is 10.9 Å². The van der Waals surface area contributed by atoms with Gasteiger partial charge < -0.3 is 9.64 Å². The molecule has 23 heavy (non-hydrogen) atoms. The van der Waals surface area contributed by atoms with Crippen LogP contribution in [0.3, 0.4) is 0 Å². The summed E-state index contributed by atoms with van der Waals surface area (Å²) in [5, 5.41) is 0.587. The summed E-state index contributed by atoms with van der Waals surface area (Å²) in [7, 11) is -0.154. The number of nitrogens with zero attached hydrogens (tertiary/aromatic N) is 2. The van der Waals surface area contributed by atoms with Gasteiger partial charge in [0.1, 0.15) is 5.75 Å². The molecule has 0 bridgehead atoms. The van der Waals surface area contributed by atoms with Gasteiger partial charge in [0, 0.05) is 30.4 Å². The Balaban J connectivity index is 1.99. The molecule has 1 fully saturated rings. The summed E-state index contributed by atoms with van der Waals surface area (Å²) in [5.74, 6) is 0.767. The van der Waals surface area contributed by atoms with E-state index in [9.17, 15) is 8.42 Å². The first-order valence-corrected chi connectivity index (χ1v) is 9.20. The highest BCUT2D eigenvalue weighted by molar-refractivity contribution is 7.90. The summed E-state index contributed by atoms with van der Waals surface area (Å²) in [6.45, 7) is 1.32. The van der Waals surface area contributed by atoms with Gasteiger partial charge in [-0.25, -0.2) is 13.1 Å². The van der Waals surface area contributed by atoms with E-state index in [2.05, 4.69) is 14.6 Å². The molecule has 6 nitrogen and oxygen atoms in total. The second-order valence-corrected chi connectivity index (χ2v) is 7.84. The second-order valence-electron chi connectivity index (χ2n) is 5.67. The van der Waals surface area contributed by atoms with Crippen molar-refractivity contribution in [3.8, 4) is 5.75 Å². The molecule has 1 unspecified atom stereocenters. The number of benzene rings is 1. The van der Waals surface area contributed by atoms with Gasteiger partial charge >= 0.3 is 0 Å². The summed E-state index contributed by atoms with van der Waals surface area (Å²) in [5.41, 5.74) is 1.88. The second kappa shape index (κ2) is 6.33. The average Bonchev–Trinajstić information content (AvgIpc) is 2.60. The molecule has 0 aliphatic carbocycles. The molecule has 0 amide bonds. The van der Waals surface area contributed by atoms with Gasteiger partial charge in [-0.2, -0.15) is 0 Å². The van der Waals surface area contributed by atoms with E-state index in [0.29, 0.717) is 13.0 Å². The van der Waals surface area contributed by atoms with Gasteiger partial charge in [0.2, 0.25) is 10.0 Å². The molecule has 124 valence electrons. The molecule has 1 N–H and O–H groups in total. The van der Waals surface area contributed by atoms with Crippen LogP contribution in [0.2, 0.25) is 0 Å². The molecule has 1 aliphatic heterocycles. The fraction of sp³-hybridized carbons (Fsp3) is 0.438. The minimum atomic E-state index is -3.26. The number of piperidine rings is 1. The maximum atomic E-state index is 12.1. The van der Waals surface area contributed by atoms with Crippen molar-refractivity contribution in [3.05, 3.63) is 30.5 Å². The Morgan fingerprint density at radius 3 is 2.91 bits per heavy atom. The highest BCUT2D eigenvalue weighted by Gasteiger charge is 2.30. The Kier molecular flexibility index (Phi) is 4.41. The van der Waals surface area contributed by atoms with E-state index >= 15 is 0 Å². The Bertz CT molecular complexity index is 807. The summed E-state index contributed by atoms with van der Waals surface area (Å²) in [4.78, 5) is 6.51. The molecular weight excluding hydrogens is 314 g/mol. The maximum Gasteiger partial charge on any atom is 0.215 e. The minimum Gasteiger partial charge on any atom is -0.497 e. The van der Waals surface area contributed by atoms with Crippen molar-refractivity contribution in [2.75, 3.05) is 32.1 Å². The van der Waals surface area contributed by atoms with E-state index in [1.165, 1.54) is 7.05 Å². The lowest BCUT2D eigenvalue weighted by molar-refractivity contribution is 0.415. The lowest BCUT2D eigenvalue weighted by Gasteiger charge is -2.34. The van der Waals surface area contributed by atoms with Gasteiger partial charge in [-0.1, -0.05) is 0 Å². The molecule has 1 aromatic carbocycles. The molecule has 2 aromatic rings. The van der Waals surface area contributed by atoms with E-state index in [-0.39, 0.29) is 0 Å². The Labute approximate surface area is 136 Å². The normalized spacial score (nSPS) is 19.0. The number of pyridine rings is 1. The predicted molar refractivity (Wildman–Crippen MR) is 91.5 cm³/mol.